The van der Waals surface area contributed by atoms with Crippen LogP contribution in [0.4, 0.5) is 11.5 Å². The van der Waals surface area contributed by atoms with Crippen LogP contribution in [0.5, 0.6) is 5.88 Å². The minimum Gasteiger partial charge on any atom is -0.434 e. The van der Waals surface area contributed by atoms with Crippen LogP contribution >= 0.6 is 0 Å². The van der Waals surface area contributed by atoms with Crippen molar-refractivity contribution in [1.29, 1.82) is 0 Å². The maximum Gasteiger partial charge on any atom is 0.261 e. The number of nitrogens with one attached hydrogen (secondary N) is 1. The maximum absolute atomic E-state index is 6.42. The van der Waals surface area contributed by atoms with Crippen LogP contribution < -0.4 is 21.5 Å². The summed E-state index contributed by atoms with van der Waals surface area (Å²) >= 11 is 0. The number of likely N-dealkylation sites (N-methyl/N-ethyl adjacent to an activating group) is 1. The van der Waals surface area contributed by atoms with Crippen molar-refractivity contribution in [2.24, 2.45) is 10.7 Å². The van der Waals surface area contributed by atoms with Gasteiger partial charge in [0.15, 0.2) is 11.5 Å². The molecule has 0 saturated heterocycles. The van der Waals surface area contributed by atoms with E-state index in [4.69, 9.17) is 16.2 Å². The van der Waals surface area contributed by atoms with Crippen LogP contribution in [0.2, 0.25) is 0 Å². The van der Waals surface area contributed by atoms with Crippen LogP contribution in [0.25, 0.3) is 0 Å². The molecule has 136 valence electrons. The molecule has 1 fully saturated rings. The Morgan fingerprint density at radius 2 is 1.85 bits per heavy atom. The number of hydrogen-bond donors (Lipinski definition) is 3. The molecule has 1 aromatic heterocycles. The standard InChI is InChI=1S/C19H24N6O/c1-22-19(21)16(25-15-17(20)23-11-24-18(15)26-19)14-9-7-13(8-10-14)12-5-3-2-4-6-12/h7-12,22H,2-6,21H2,1H3,(H2,20,23,24). The molecule has 4 rings (SSSR count). The Morgan fingerprint density at radius 3 is 2.54 bits per heavy atom. The molecule has 1 aliphatic carbocycles. The topological polar surface area (TPSA) is 111 Å². The number of aromatic nitrogens is 2. The zero-order valence-electron chi connectivity index (χ0n) is 14.9. The van der Waals surface area contributed by atoms with Crippen molar-refractivity contribution in [3.63, 3.8) is 0 Å². The highest BCUT2D eigenvalue weighted by Crippen LogP contribution is 2.37. The van der Waals surface area contributed by atoms with Gasteiger partial charge in [-0.3, -0.25) is 11.1 Å². The van der Waals surface area contributed by atoms with E-state index in [1.165, 1.54) is 44.0 Å². The second-order valence-corrected chi connectivity index (χ2v) is 6.92. The number of nitrogen functional groups attached to an aromatic ring is 1. The highest BCUT2D eigenvalue weighted by atomic mass is 16.5. The zero-order valence-corrected chi connectivity index (χ0v) is 14.9. The third-order valence-corrected chi connectivity index (χ3v) is 5.28. The van der Waals surface area contributed by atoms with Crippen LogP contribution in [0.3, 0.4) is 0 Å². The molecule has 7 nitrogen and oxygen atoms in total. The quantitative estimate of drug-likeness (QED) is 0.732. The molecule has 1 aromatic carbocycles. The van der Waals surface area contributed by atoms with Crippen molar-refractivity contribution in [3.05, 3.63) is 41.7 Å². The number of rotatable bonds is 3. The van der Waals surface area contributed by atoms with Gasteiger partial charge < -0.3 is 10.5 Å². The summed E-state index contributed by atoms with van der Waals surface area (Å²) in [7, 11) is 1.72. The number of fused-ring (bicyclic) bond motifs is 1. The van der Waals surface area contributed by atoms with Crippen molar-refractivity contribution in [2.45, 2.75) is 43.9 Å². The van der Waals surface area contributed by atoms with E-state index in [0.29, 0.717) is 17.3 Å². The van der Waals surface area contributed by atoms with Crippen LogP contribution in [-0.4, -0.2) is 28.6 Å². The second kappa shape index (κ2) is 6.66. The summed E-state index contributed by atoms with van der Waals surface area (Å²) in [6.07, 6.45) is 7.85. The second-order valence-electron chi connectivity index (χ2n) is 6.92. The largest absolute Gasteiger partial charge is 0.434 e. The van der Waals surface area contributed by atoms with E-state index in [0.717, 1.165) is 5.56 Å². The molecule has 2 aromatic rings. The van der Waals surface area contributed by atoms with Crippen LogP contribution in [-0.2, 0) is 0 Å². The van der Waals surface area contributed by atoms with E-state index >= 15 is 0 Å². The van der Waals surface area contributed by atoms with Gasteiger partial charge in [0.05, 0.1) is 0 Å². The average molecular weight is 352 g/mol. The fourth-order valence-electron chi connectivity index (χ4n) is 3.75. The lowest BCUT2D eigenvalue weighted by molar-refractivity contribution is 0.110. The van der Waals surface area contributed by atoms with E-state index in [1.807, 2.05) is 0 Å². The smallest absolute Gasteiger partial charge is 0.261 e. The van der Waals surface area contributed by atoms with Gasteiger partial charge >= 0.3 is 0 Å². The van der Waals surface area contributed by atoms with E-state index in [-0.39, 0.29) is 11.7 Å². The molecule has 5 N–H and O–H groups in total. The molecule has 7 heteroatoms. The van der Waals surface area contributed by atoms with E-state index < -0.39 is 5.85 Å². The summed E-state index contributed by atoms with van der Waals surface area (Å²) in [4.78, 5) is 12.7. The molecule has 0 spiro atoms. The molecule has 1 atom stereocenters. The minimum absolute atomic E-state index is 0.268. The van der Waals surface area contributed by atoms with Crippen molar-refractivity contribution in [2.75, 3.05) is 12.8 Å². The van der Waals surface area contributed by atoms with Gasteiger partial charge in [-0.2, -0.15) is 4.98 Å². The molecule has 26 heavy (non-hydrogen) atoms. The van der Waals surface area contributed by atoms with Crippen LogP contribution in [0.15, 0.2) is 35.6 Å². The third-order valence-electron chi connectivity index (χ3n) is 5.28. The van der Waals surface area contributed by atoms with E-state index in [9.17, 15) is 0 Å². The maximum atomic E-state index is 6.42. The number of nitrogens with zero attached hydrogens (tertiary/aromatic N) is 3. The minimum atomic E-state index is -1.28. The van der Waals surface area contributed by atoms with E-state index in [1.54, 1.807) is 7.05 Å². The van der Waals surface area contributed by atoms with Crippen molar-refractivity contribution < 1.29 is 4.74 Å². The number of aliphatic imine (C=N–C) groups is 1. The Bertz CT molecular complexity index is 828. The van der Waals surface area contributed by atoms with Crippen LogP contribution in [0, 0.1) is 0 Å². The molecule has 1 unspecified atom stereocenters. The predicted molar refractivity (Wildman–Crippen MR) is 102 cm³/mol. The predicted octanol–water partition coefficient (Wildman–Crippen LogP) is 2.45. The molecule has 0 amide bonds. The molecule has 2 heterocycles. The summed E-state index contributed by atoms with van der Waals surface area (Å²) in [5.41, 5.74) is 15.6. The first kappa shape index (κ1) is 16.9. The summed E-state index contributed by atoms with van der Waals surface area (Å²) in [5.74, 6) is -0.0828. The van der Waals surface area contributed by atoms with Gasteiger partial charge in [0.2, 0.25) is 5.88 Å². The normalized spacial score (nSPS) is 23.1. The Labute approximate surface area is 152 Å². The number of ether oxygens (including phenoxy) is 1. The van der Waals surface area contributed by atoms with Gasteiger partial charge in [-0.15, -0.1) is 0 Å². The fraction of sp³-hybridized carbons (Fsp3) is 0.421. The molecule has 2 aliphatic rings. The van der Waals surface area contributed by atoms with Gasteiger partial charge in [-0.1, -0.05) is 43.5 Å². The van der Waals surface area contributed by atoms with Gasteiger partial charge in [0.1, 0.15) is 12.0 Å². The van der Waals surface area contributed by atoms with Crippen molar-refractivity contribution >= 4 is 17.2 Å². The molecule has 0 bridgehead atoms. The number of benzene rings is 1. The summed E-state index contributed by atoms with van der Waals surface area (Å²) in [5, 5.41) is 2.99. The zero-order chi connectivity index (χ0) is 18.1. The monoisotopic (exact) mass is 352 g/mol. The Hall–Kier alpha value is -2.51. The Morgan fingerprint density at radius 1 is 1.12 bits per heavy atom. The summed E-state index contributed by atoms with van der Waals surface area (Å²) in [6, 6.07) is 8.45. The number of hydrogen-bond acceptors (Lipinski definition) is 7. The van der Waals surface area contributed by atoms with Crippen LogP contribution in [0.1, 0.15) is 49.1 Å². The Balaban J connectivity index is 1.71. The molecule has 1 aliphatic heterocycles. The third kappa shape index (κ3) is 2.93. The van der Waals surface area contributed by atoms with E-state index in [2.05, 4.69) is 44.5 Å². The van der Waals surface area contributed by atoms with Gasteiger partial charge in [-0.05, 0) is 31.4 Å². The van der Waals surface area contributed by atoms with Gasteiger partial charge in [0, 0.05) is 5.56 Å². The molecular formula is C19H24N6O. The fourth-order valence-corrected chi connectivity index (χ4v) is 3.75. The summed E-state index contributed by atoms with van der Waals surface area (Å²) in [6.45, 7) is 0. The van der Waals surface area contributed by atoms with Gasteiger partial charge in [0.25, 0.3) is 5.85 Å². The number of nitrogens with two attached hydrogens (primary N) is 2. The first-order valence-corrected chi connectivity index (χ1v) is 9.07. The lowest BCUT2D eigenvalue weighted by atomic mass is 9.83. The molecule has 0 radical (unpaired) electrons. The average Bonchev–Trinajstić information content (AvgIpc) is 2.69. The number of anilines is 1. The summed E-state index contributed by atoms with van der Waals surface area (Å²) < 4.78 is 5.87. The first-order valence-electron chi connectivity index (χ1n) is 9.07. The molecule has 1 saturated carbocycles. The highest BCUT2D eigenvalue weighted by Gasteiger charge is 2.39. The highest BCUT2D eigenvalue weighted by molar-refractivity contribution is 6.09. The van der Waals surface area contributed by atoms with Crippen molar-refractivity contribution in [1.82, 2.24) is 15.3 Å². The van der Waals surface area contributed by atoms with Gasteiger partial charge in [-0.25, -0.2) is 9.98 Å². The lowest BCUT2D eigenvalue weighted by Crippen LogP contribution is -2.64. The van der Waals surface area contributed by atoms with Crippen molar-refractivity contribution in [3.8, 4) is 5.88 Å². The first-order chi connectivity index (χ1) is 12.6. The lowest BCUT2D eigenvalue weighted by Gasteiger charge is -2.34. The molecular weight excluding hydrogens is 328 g/mol. The SMILES string of the molecule is CNC1(N)Oc2ncnc(N)c2N=C1c1ccc(C2CCCCC2)cc1. The Kier molecular flexibility index (Phi) is 4.34.